The Morgan fingerprint density at radius 3 is 2.35 bits per heavy atom. The van der Waals surface area contributed by atoms with Crippen LogP contribution in [0.25, 0.3) is 10.8 Å². The Bertz CT molecular complexity index is 1130. The van der Waals surface area contributed by atoms with E-state index in [9.17, 15) is 9.59 Å². The molecule has 1 atom stereocenters. The van der Waals surface area contributed by atoms with Gasteiger partial charge in [0.15, 0.2) is 6.04 Å². The normalized spacial score (nSPS) is 20.0. The summed E-state index contributed by atoms with van der Waals surface area (Å²) in [7, 11) is 1.69. The molecule has 31 heavy (non-hydrogen) atoms. The predicted octanol–water partition coefficient (Wildman–Crippen LogP) is 1.89. The average molecular weight is 417 g/mol. The lowest BCUT2D eigenvalue weighted by atomic mass is 10.1. The highest BCUT2D eigenvalue weighted by Gasteiger charge is 2.46. The lowest BCUT2D eigenvalue weighted by Crippen LogP contribution is -3.19. The number of amides is 2. The number of ether oxygens (including phenoxy) is 1. The van der Waals surface area contributed by atoms with Crippen molar-refractivity contribution in [2.75, 3.05) is 43.1 Å². The molecule has 2 saturated heterocycles. The minimum absolute atomic E-state index is 0.0814. The van der Waals surface area contributed by atoms with Gasteiger partial charge in [0.2, 0.25) is 5.91 Å². The number of fused-ring (bicyclic) bond motifs is 1. The van der Waals surface area contributed by atoms with Crippen molar-refractivity contribution in [1.82, 2.24) is 0 Å². The number of quaternary nitrogens is 1. The first-order chi connectivity index (χ1) is 15.2. The summed E-state index contributed by atoms with van der Waals surface area (Å²) in [4.78, 5) is 31.2. The molecule has 6 nitrogen and oxygen atoms in total. The number of methoxy groups -OCH3 is 1. The minimum Gasteiger partial charge on any atom is -0.495 e. The lowest BCUT2D eigenvalue weighted by molar-refractivity contribution is -0.915. The molecule has 2 aliphatic heterocycles. The van der Waals surface area contributed by atoms with Crippen LogP contribution < -0.4 is 19.4 Å². The smallest absolute Gasteiger partial charge is 0.292 e. The Kier molecular flexibility index (Phi) is 5.08. The number of nitrogens with zero attached hydrogens (tertiary/aromatic N) is 2. The third-order valence-electron chi connectivity index (χ3n) is 6.48. The maximum absolute atomic E-state index is 13.4. The van der Waals surface area contributed by atoms with Crippen LogP contribution in [0.4, 0.5) is 11.4 Å². The van der Waals surface area contributed by atoms with Gasteiger partial charge in [-0.05, 0) is 23.6 Å². The second-order valence-corrected chi connectivity index (χ2v) is 8.14. The van der Waals surface area contributed by atoms with Gasteiger partial charge in [0.05, 0.1) is 51.1 Å². The fourth-order valence-corrected chi connectivity index (χ4v) is 4.88. The molecule has 0 bridgehead atoms. The molecule has 0 radical (unpaired) electrons. The summed E-state index contributed by atoms with van der Waals surface area (Å²) in [5, 5.41) is 1.96. The number of imide groups is 1. The first-order valence-corrected chi connectivity index (χ1v) is 10.7. The zero-order valence-electron chi connectivity index (χ0n) is 17.6. The highest BCUT2D eigenvalue weighted by molar-refractivity contribution is 6.24. The van der Waals surface area contributed by atoms with Crippen molar-refractivity contribution >= 4 is 34.0 Å². The van der Waals surface area contributed by atoms with E-state index in [1.54, 1.807) is 7.11 Å². The summed E-state index contributed by atoms with van der Waals surface area (Å²) in [5.41, 5.74) is 1.78. The van der Waals surface area contributed by atoms with Crippen LogP contribution in [0.3, 0.4) is 0 Å². The number of piperazine rings is 1. The molecule has 0 saturated carbocycles. The highest BCUT2D eigenvalue weighted by Crippen LogP contribution is 2.31. The monoisotopic (exact) mass is 416 g/mol. The van der Waals surface area contributed by atoms with E-state index < -0.39 is 0 Å². The summed E-state index contributed by atoms with van der Waals surface area (Å²) >= 11 is 0. The molecule has 6 heteroatoms. The quantitative estimate of drug-likeness (QED) is 0.660. The number of rotatable bonds is 4. The zero-order valence-corrected chi connectivity index (χ0v) is 17.6. The van der Waals surface area contributed by atoms with Gasteiger partial charge in [0, 0.05) is 5.39 Å². The molecule has 0 aromatic heterocycles. The molecular weight excluding hydrogens is 390 g/mol. The van der Waals surface area contributed by atoms with Gasteiger partial charge in [0.25, 0.3) is 5.91 Å². The summed E-state index contributed by atoms with van der Waals surface area (Å²) < 4.78 is 5.50. The fraction of sp³-hybridized carbons (Fsp3) is 0.280. The number of carbonyl (C=O) groups is 2. The van der Waals surface area contributed by atoms with E-state index in [1.165, 1.54) is 9.80 Å². The third kappa shape index (κ3) is 3.43. The van der Waals surface area contributed by atoms with Gasteiger partial charge < -0.3 is 14.5 Å². The van der Waals surface area contributed by atoms with Gasteiger partial charge in [-0.25, -0.2) is 4.90 Å². The summed E-state index contributed by atoms with van der Waals surface area (Å²) in [6, 6.07) is 21.4. The van der Waals surface area contributed by atoms with Crippen molar-refractivity contribution in [2.24, 2.45) is 0 Å². The Balaban J connectivity index is 1.34. The average Bonchev–Trinajstić information content (AvgIpc) is 3.12. The first-order valence-electron chi connectivity index (χ1n) is 10.7. The van der Waals surface area contributed by atoms with E-state index in [1.807, 2.05) is 60.7 Å². The molecule has 0 unspecified atom stereocenters. The second kappa shape index (κ2) is 8.04. The highest BCUT2D eigenvalue weighted by atomic mass is 16.5. The maximum Gasteiger partial charge on any atom is 0.292 e. The van der Waals surface area contributed by atoms with Crippen LogP contribution in [0.2, 0.25) is 0 Å². The van der Waals surface area contributed by atoms with E-state index in [4.69, 9.17) is 4.74 Å². The lowest BCUT2D eigenvalue weighted by Gasteiger charge is -2.36. The number of hydrogen-bond donors (Lipinski definition) is 1. The van der Waals surface area contributed by atoms with Crippen LogP contribution in [0.15, 0.2) is 66.7 Å². The Morgan fingerprint density at radius 1 is 0.871 bits per heavy atom. The van der Waals surface area contributed by atoms with Crippen molar-refractivity contribution in [2.45, 2.75) is 12.5 Å². The van der Waals surface area contributed by atoms with Crippen LogP contribution in [-0.4, -0.2) is 51.1 Å². The molecule has 5 rings (SSSR count). The van der Waals surface area contributed by atoms with E-state index >= 15 is 0 Å². The minimum atomic E-state index is -0.314. The standard InChI is InChI=1S/C25H25N3O3/c1-31-23-12-5-4-10-21(23)26-13-15-27(16-14-26)22-17-24(29)28(25(22)30)20-11-6-8-18-7-2-3-9-19(18)20/h2-12,22H,13-17H2,1H3/p+1/t22-/m0/s1. The Morgan fingerprint density at radius 2 is 1.55 bits per heavy atom. The number of nitrogens with one attached hydrogen (secondary N) is 1. The number of benzene rings is 3. The van der Waals surface area contributed by atoms with Gasteiger partial charge in [0.1, 0.15) is 5.75 Å². The fourth-order valence-electron chi connectivity index (χ4n) is 4.88. The summed E-state index contributed by atoms with van der Waals surface area (Å²) in [6.07, 6.45) is 0.270. The van der Waals surface area contributed by atoms with Crippen molar-refractivity contribution in [3.05, 3.63) is 66.7 Å². The van der Waals surface area contributed by atoms with Gasteiger partial charge >= 0.3 is 0 Å². The Labute approximate surface area is 181 Å². The van der Waals surface area contributed by atoms with E-state index in [-0.39, 0.29) is 24.3 Å². The van der Waals surface area contributed by atoms with E-state index in [2.05, 4.69) is 11.0 Å². The van der Waals surface area contributed by atoms with E-state index in [0.717, 1.165) is 48.4 Å². The molecule has 2 heterocycles. The molecule has 0 spiro atoms. The molecule has 0 aliphatic carbocycles. The number of hydrogen-bond acceptors (Lipinski definition) is 4. The molecular formula is C25H26N3O3+. The van der Waals surface area contributed by atoms with Crippen LogP contribution >= 0.6 is 0 Å². The number of carbonyl (C=O) groups excluding carboxylic acids is 2. The van der Waals surface area contributed by atoms with Crippen LogP contribution in [-0.2, 0) is 9.59 Å². The predicted molar refractivity (Wildman–Crippen MR) is 121 cm³/mol. The van der Waals surface area contributed by atoms with Gasteiger partial charge in [-0.2, -0.15) is 0 Å². The van der Waals surface area contributed by atoms with Crippen molar-refractivity contribution in [3.8, 4) is 5.75 Å². The van der Waals surface area contributed by atoms with E-state index in [0.29, 0.717) is 5.69 Å². The molecule has 158 valence electrons. The van der Waals surface area contributed by atoms with Crippen LogP contribution in [0, 0.1) is 0 Å². The largest absolute Gasteiger partial charge is 0.495 e. The SMILES string of the molecule is COc1ccccc1N1CC[NH+]([C@H]2CC(=O)N(c3cccc4ccccc34)C2=O)CC1. The number of anilines is 2. The molecule has 3 aromatic carbocycles. The van der Waals surface area contributed by atoms with Gasteiger partial charge in [-0.3, -0.25) is 9.59 Å². The topological polar surface area (TPSA) is 54.3 Å². The molecule has 2 amide bonds. The van der Waals surface area contributed by atoms with Gasteiger partial charge in [-0.1, -0.05) is 48.5 Å². The second-order valence-electron chi connectivity index (χ2n) is 8.14. The molecule has 3 aromatic rings. The van der Waals surface area contributed by atoms with Gasteiger partial charge in [-0.15, -0.1) is 0 Å². The Hall–Kier alpha value is -3.38. The summed E-state index contributed by atoms with van der Waals surface area (Å²) in [5.74, 6) is 0.674. The molecule has 1 N–H and O–H groups in total. The molecule has 2 fully saturated rings. The maximum atomic E-state index is 13.4. The van der Waals surface area contributed by atoms with Crippen LogP contribution in [0.5, 0.6) is 5.75 Å². The van der Waals surface area contributed by atoms with Crippen LogP contribution in [0.1, 0.15) is 6.42 Å². The summed E-state index contributed by atoms with van der Waals surface area (Å²) in [6.45, 7) is 3.26. The van der Waals surface area contributed by atoms with Crippen molar-refractivity contribution < 1.29 is 19.2 Å². The van der Waals surface area contributed by atoms with Crippen molar-refractivity contribution in [3.63, 3.8) is 0 Å². The van der Waals surface area contributed by atoms with Crippen molar-refractivity contribution in [1.29, 1.82) is 0 Å². The first kappa shape index (κ1) is 19.6. The number of para-hydroxylation sites is 2. The third-order valence-corrected chi connectivity index (χ3v) is 6.48. The molecule has 2 aliphatic rings. The zero-order chi connectivity index (χ0) is 21.4.